The van der Waals surface area contributed by atoms with E-state index < -0.39 is 23.3 Å². The van der Waals surface area contributed by atoms with Crippen molar-refractivity contribution in [3.8, 4) is 0 Å². The lowest BCUT2D eigenvalue weighted by molar-refractivity contribution is -0.136. The van der Waals surface area contributed by atoms with Crippen molar-refractivity contribution in [1.29, 1.82) is 0 Å². The van der Waals surface area contributed by atoms with Crippen LogP contribution in [0.25, 0.3) is 0 Å². The molecule has 2 saturated heterocycles. The predicted octanol–water partition coefficient (Wildman–Crippen LogP) is 6.99. The number of aliphatic hydroxyl groups excluding tert-OH is 1. The SMILES string of the molecule is CCC(C(C)O)N1/N=C\C[C@@H](c2ccc(N3CCN(c4ccc(SCC5CCC(Cn6cncn6)(c6ccc(F)cc6F)O5)cc4)CC3)cc2)CCC1=O. The van der Waals surface area contributed by atoms with Crippen LogP contribution >= 0.6 is 11.8 Å². The molecule has 3 aliphatic heterocycles. The lowest BCUT2D eigenvalue weighted by atomic mass is 9.90. The molecular formula is C41H49F2N7O3S. The zero-order chi connectivity index (χ0) is 37.7. The topological polar surface area (TPSA) is 99.3 Å². The highest BCUT2D eigenvalue weighted by Crippen LogP contribution is 2.43. The Morgan fingerprint density at radius 3 is 2.31 bits per heavy atom. The molecule has 0 spiro atoms. The van der Waals surface area contributed by atoms with Gasteiger partial charge in [0.2, 0.25) is 5.91 Å². The molecule has 4 heterocycles. The van der Waals surface area contributed by atoms with Crippen LogP contribution in [0.15, 0.2) is 89.4 Å². The summed E-state index contributed by atoms with van der Waals surface area (Å²) in [6.45, 7) is 7.65. The summed E-state index contributed by atoms with van der Waals surface area (Å²) in [5.74, 6) is -0.307. The summed E-state index contributed by atoms with van der Waals surface area (Å²) in [6, 6.07) is 20.9. The van der Waals surface area contributed by atoms with Crippen LogP contribution in [0, 0.1) is 11.6 Å². The van der Waals surface area contributed by atoms with Crippen molar-refractivity contribution in [3.05, 3.63) is 102 Å². The minimum atomic E-state index is -0.946. The molecule has 286 valence electrons. The molecule has 13 heteroatoms. The number of carbonyl (C=O) groups is 1. The number of aromatic nitrogens is 3. The van der Waals surface area contributed by atoms with Crippen molar-refractivity contribution in [3.63, 3.8) is 0 Å². The first-order valence-corrected chi connectivity index (χ1v) is 20.0. The molecular weight excluding hydrogens is 709 g/mol. The van der Waals surface area contributed by atoms with Crippen LogP contribution < -0.4 is 9.80 Å². The smallest absolute Gasteiger partial charge is 0.243 e. The van der Waals surface area contributed by atoms with E-state index in [2.05, 4.69) is 73.5 Å². The largest absolute Gasteiger partial charge is 0.391 e. The summed E-state index contributed by atoms with van der Waals surface area (Å²) < 4.78 is 37.0. The molecule has 1 amide bonds. The molecule has 4 unspecified atom stereocenters. The number of hydrogen-bond acceptors (Lipinski definition) is 9. The van der Waals surface area contributed by atoms with Crippen LogP contribution in [0.2, 0.25) is 0 Å². The Kier molecular flexibility index (Phi) is 11.9. The fraction of sp³-hybridized carbons (Fsp3) is 0.463. The van der Waals surface area contributed by atoms with Crippen molar-refractivity contribution in [2.75, 3.05) is 41.7 Å². The Morgan fingerprint density at radius 1 is 0.981 bits per heavy atom. The number of amides is 1. The third kappa shape index (κ3) is 8.63. The fourth-order valence-electron chi connectivity index (χ4n) is 8.05. The van der Waals surface area contributed by atoms with Crippen LogP contribution in [0.4, 0.5) is 20.2 Å². The number of benzene rings is 3. The Hall–Kier alpha value is -4.33. The number of ether oxygens (including phenoxy) is 1. The summed E-state index contributed by atoms with van der Waals surface area (Å²) in [7, 11) is 0. The van der Waals surface area contributed by atoms with E-state index >= 15 is 4.39 Å². The molecule has 3 aliphatic rings. The van der Waals surface area contributed by atoms with Crippen molar-refractivity contribution in [2.24, 2.45) is 5.10 Å². The third-order valence-electron chi connectivity index (χ3n) is 11.1. The third-order valence-corrected chi connectivity index (χ3v) is 12.2. The van der Waals surface area contributed by atoms with E-state index in [4.69, 9.17) is 4.74 Å². The predicted molar refractivity (Wildman–Crippen MR) is 208 cm³/mol. The number of aliphatic hydroxyl groups is 1. The summed E-state index contributed by atoms with van der Waals surface area (Å²) in [5.41, 5.74) is 3.02. The van der Waals surface area contributed by atoms with Crippen LogP contribution in [-0.2, 0) is 21.7 Å². The molecule has 0 saturated carbocycles. The van der Waals surface area contributed by atoms with Crippen LogP contribution in [0.5, 0.6) is 0 Å². The van der Waals surface area contributed by atoms with E-state index in [1.807, 2.05) is 13.1 Å². The second-order valence-electron chi connectivity index (χ2n) is 14.6. The molecule has 3 aromatic carbocycles. The van der Waals surface area contributed by atoms with Gasteiger partial charge in [-0.05, 0) is 93.0 Å². The van der Waals surface area contributed by atoms with Crippen molar-refractivity contribution >= 4 is 35.3 Å². The number of thioether (sulfide) groups is 1. The van der Waals surface area contributed by atoms with Crippen LogP contribution in [0.3, 0.4) is 0 Å². The van der Waals surface area contributed by atoms with Crippen LogP contribution in [-0.4, -0.2) is 87.2 Å². The first-order chi connectivity index (χ1) is 26.2. The van der Waals surface area contributed by atoms with Gasteiger partial charge in [0.25, 0.3) is 0 Å². The van der Waals surface area contributed by atoms with E-state index in [9.17, 15) is 14.3 Å². The number of carbonyl (C=O) groups excluding carboxylic acids is 1. The van der Waals surface area contributed by atoms with Crippen molar-refractivity contribution in [1.82, 2.24) is 19.8 Å². The molecule has 10 nitrogen and oxygen atoms in total. The van der Waals surface area contributed by atoms with Gasteiger partial charge in [0.1, 0.15) is 29.9 Å². The van der Waals surface area contributed by atoms with Gasteiger partial charge >= 0.3 is 0 Å². The minimum absolute atomic E-state index is 0.0318. The van der Waals surface area contributed by atoms with E-state index in [0.29, 0.717) is 37.1 Å². The van der Waals surface area contributed by atoms with Gasteiger partial charge in [-0.2, -0.15) is 10.2 Å². The first-order valence-electron chi connectivity index (χ1n) is 19.0. The van der Waals surface area contributed by atoms with Crippen molar-refractivity contribution in [2.45, 2.75) is 93.6 Å². The molecule has 54 heavy (non-hydrogen) atoms. The van der Waals surface area contributed by atoms with E-state index in [1.165, 1.54) is 40.4 Å². The summed E-state index contributed by atoms with van der Waals surface area (Å²) >= 11 is 1.72. The minimum Gasteiger partial charge on any atom is -0.391 e. The van der Waals surface area contributed by atoms with E-state index in [-0.39, 0.29) is 24.0 Å². The summed E-state index contributed by atoms with van der Waals surface area (Å²) in [5, 5.41) is 20.3. The van der Waals surface area contributed by atoms with E-state index in [0.717, 1.165) is 56.4 Å². The highest BCUT2D eigenvalue weighted by molar-refractivity contribution is 7.99. The number of nitrogens with zero attached hydrogens (tertiary/aromatic N) is 7. The first kappa shape index (κ1) is 38.0. The molecule has 5 atom stereocenters. The number of hydrogen-bond donors (Lipinski definition) is 1. The average Bonchev–Trinajstić information content (AvgIpc) is 3.85. The molecule has 1 aromatic heterocycles. The van der Waals surface area contributed by atoms with Crippen LogP contribution in [0.1, 0.15) is 69.4 Å². The van der Waals surface area contributed by atoms with Gasteiger partial charge in [-0.25, -0.2) is 23.5 Å². The molecule has 4 aromatic rings. The van der Waals surface area contributed by atoms with E-state index in [1.54, 1.807) is 29.7 Å². The highest BCUT2D eigenvalue weighted by atomic mass is 32.2. The Labute approximate surface area is 320 Å². The monoisotopic (exact) mass is 757 g/mol. The second kappa shape index (κ2) is 17.0. The standard InChI is InChI=1S/C41H49F2N7O3S/c1-3-39(29(2)51)50-40(52)15-6-31(17-19-45-50)30-4-8-33(9-5-30)47-20-22-48(23-21-47)34-10-12-36(13-11-34)54-25-35-16-18-41(53-35,26-49-28-44-27-46-49)37-14-7-32(42)24-38(37)43/h4-5,7-14,19,24,27-29,31,35,39,51H,3,6,15-18,20-23,25-26H2,1-2H3/b45-19-/t29?,31-,35?,39?,41?/m0/s1. The maximum absolute atomic E-state index is 15.0. The zero-order valence-electron chi connectivity index (χ0n) is 30.9. The average molecular weight is 758 g/mol. The number of halogens is 2. The maximum atomic E-state index is 15.0. The number of hydrazone groups is 1. The molecule has 0 aliphatic carbocycles. The fourth-order valence-corrected chi connectivity index (χ4v) is 9.00. The Balaban J connectivity index is 0.895. The van der Waals surface area contributed by atoms with Gasteiger partial charge in [0, 0.05) is 72.5 Å². The lowest BCUT2D eigenvalue weighted by Crippen LogP contribution is -2.46. The van der Waals surface area contributed by atoms with Gasteiger partial charge in [-0.3, -0.25) is 4.79 Å². The quantitative estimate of drug-likeness (QED) is 0.155. The van der Waals surface area contributed by atoms with Crippen molar-refractivity contribution < 1.29 is 23.4 Å². The second-order valence-corrected chi connectivity index (χ2v) is 15.7. The van der Waals surface area contributed by atoms with Gasteiger partial charge in [-0.15, -0.1) is 11.8 Å². The number of piperazine rings is 1. The van der Waals surface area contributed by atoms with Gasteiger partial charge in [0.15, 0.2) is 0 Å². The number of anilines is 2. The maximum Gasteiger partial charge on any atom is 0.243 e. The molecule has 2 fully saturated rings. The lowest BCUT2D eigenvalue weighted by Gasteiger charge is -2.37. The van der Waals surface area contributed by atoms with Gasteiger partial charge in [-0.1, -0.05) is 25.1 Å². The van der Waals surface area contributed by atoms with Gasteiger partial charge in [0.05, 0.1) is 24.8 Å². The molecule has 0 bridgehead atoms. The van der Waals surface area contributed by atoms with Gasteiger partial charge < -0.3 is 19.6 Å². The number of rotatable bonds is 12. The molecule has 1 N–H and O–H groups in total. The molecule has 7 rings (SSSR count). The summed E-state index contributed by atoms with van der Waals surface area (Å²) in [6.07, 6.45) is 8.08. The zero-order valence-corrected chi connectivity index (χ0v) is 31.8. The Morgan fingerprint density at radius 2 is 1.69 bits per heavy atom. The normalized spacial score (nSPS) is 23.9. The molecule has 0 radical (unpaired) electrons. The highest BCUT2D eigenvalue weighted by Gasteiger charge is 2.44. The summed E-state index contributed by atoms with van der Waals surface area (Å²) in [4.78, 5) is 22.9. The Bertz CT molecular complexity index is 1870.